The second-order valence-electron chi connectivity index (χ2n) is 10.1. The van der Waals surface area contributed by atoms with Crippen molar-refractivity contribution < 1.29 is 27.5 Å². The fourth-order valence-electron chi connectivity index (χ4n) is 3.78. The van der Waals surface area contributed by atoms with Crippen molar-refractivity contribution in [2.24, 2.45) is 5.41 Å². The molecule has 1 N–H and O–H groups in total. The van der Waals surface area contributed by atoms with Crippen molar-refractivity contribution in [3.05, 3.63) is 35.1 Å². The van der Waals surface area contributed by atoms with Crippen LogP contribution in [0.1, 0.15) is 65.9 Å². The number of amides is 2. The van der Waals surface area contributed by atoms with Crippen molar-refractivity contribution in [1.29, 1.82) is 0 Å². The molecule has 1 aliphatic heterocycles. The quantitative estimate of drug-likeness (QED) is 0.674. The first-order valence-electron chi connectivity index (χ1n) is 10.6. The molecule has 0 radical (unpaired) electrons. The summed E-state index contributed by atoms with van der Waals surface area (Å²) in [6.45, 7) is 11.9. The predicted octanol–water partition coefficient (Wildman–Crippen LogP) is 4.16. The number of carbonyl (C=O) groups is 2. The highest BCUT2D eigenvalue weighted by molar-refractivity contribution is 5.89. The number of ether oxygens (including phenoxy) is 1. The van der Waals surface area contributed by atoms with Gasteiger partial charge in [-0.15, -0.1) is 0 Å². The number of benzene rings is 1. The Morgan fingerprint density at radius 2 is 1.74 bits per heavy atom. The molecule has 1 aromatic carbocycles. The van der Waals surface area contributed by atoms with E-state index in [1.54, 1.807) is 0 Å². The zero-order chi connectivity index (χ0) is 23.6. The number of rotatable bonds is 6. The average molecular weight is 443 g/mol. The standard InChI is InChI=1S/C23H33F3N2O3/c1-22(2,3)15(14-11-17(25)18(26)12-16(14)24)7-8-20(29)28-10-9-27-21(30)19(28)13-31-23(4,5)6/h11-12,15,19H,7-10,13H2,1-6H3,(H,27,30)/t15-,19+/m0/s1. The molecule has 0 unspecified atom stereocenters. The molecule has 1 saturated heterocycles. The molecule has 1 aliphatic rings. The fraction of sp³-hybridized carbons (Fsp3) is 0.652. The summed E-state index contributed by atoms with van der Waals surface area (Å²) in [6.07, 6.45) is 0.273. The van der Waals surface area contributed by atoms with E-state index >= 15 is 0 Å². The SMILES string of the molecule is CC(C)(C)OC[C@@H]1C(=O)NCCN1C(=O)CC[C@@H](c1cc(F)c(F)cc1F)C(C)(C)C. The van der Waals surface area contributed by atoms with E-state index in [-0.39, 0.29) is 36.8 Å². The highest BCUT2D eigenvalue weighted by Gasteiger charge is 2.36. The Bertz CT molecular complexity index is 816. The summed E-state index contributed by atoms with van der Waals surface area (Å²) in [6, 6.07) is 0.674. The Labute approximate surface area is 182 Å². The second-order valence-corrected chi connectivity index (χ2v) is 10.1. The summed E-state index contributed by atoms with van der Waals surface area (Å²) in [5.41, 5.74) is -0.920. The summed E-state index contributed by atoms with van der Waals surface area (Å²) in [7, 11) is 0. The normalized spacial score (nSPS) is 18.7. The minimum atomic E-state index is -1.24. The van der Waals surface area contributed by atoms with Gasteiger partial charge in [-0.1, -0.05) is 20.8 Å². The van der Waals surface area contributed by atoms with E-state index in [0.717, 1.165) is 6.07 Å². The van der Waals surface area contributed by atoms with Gasteiger partial charge in [-0.25, -0.2) is 13.2 Å². The van der Waals surface area contributed by atoms with E-state index in [9.17, 15) is 22.8 Å². The van der Waals surface area contributed by atoms with Crippen LogP contribution in [0.5, 0.6) is 0 Å². The van der Waals surface area contributed by atoms with Crippen molar-refractivity contribution in [3.8, 4) is 0 Å². The van der Waals surface area contributed by atoms with Gasteiger partial charge in [0.15, 0.2) is 11.6 Å². The molecule has 1 aromatic rings. The lowest BCUT2D eigenvalue weighted by Gasteiger charge is -2.37. The molecule has 0 aliphatic carbocycles. The minimum absolute atomic E-state index is 0.0413. The van der Waals surface area contributed by atoms with Gasteiger partial charge < -0.3 is 15.0 Å². The van der Waals surface area contributed by atoms with Gasteiger partial charge in [-0.05, 0) is 50.2 Å². The first-order valence-corrected chi connectivity index (χ1v) is 10.6. The van der Waals surface area contributed by atoms with Crippen molar-refractivity contribution >= 4 is 11.8 Å². The molecule has 2 amide bonds. The molecule has 174 valence electrons. The third kappa shape index (κ3) is 6.69. The number of nitrogens with one attached hydrogen (secondary N) is 1. The van der Waals surface area contributed by atoms with Gasteiger partial charge in [0.1, 0.15) is 11.9 Å². The number of piperazine rings is 1. The maximum Gasteiger partial charge on any atom is 0.245 e. The van der Waals surface area contributed by atoms with Crippen LogP contribution in [0.2, 0.25) is 0 Å². The Balaban J connectivity index is 2.18. The van der Waals surface area contributed by atoms with Gasteiger partial charge >= 0.3 is 0 Å². The summed E-state index contributed by atoms with van der Waals surface area (Å²) in [5, 5.41) is 2.75. The summed E-state index contributed by atoms with van der Waals surface area (Å²) in [4.78, 5) is 26.8. The summed E-state index contributed by atoms with van der Waals surface area (Å²) in [5.74, 6) is -4.25. The molecule has 0 saturated carbocycles. The molecular weight excluding hydrogens is 409 g/mol. The average Bonchev–Trinajstić information content (AvgIpc) is 2.62. The first-order chi connectivity index (χ1) is 14.2. The third-order valence-corrected chi connectivity index (χ3v) is 5.43. The van der Waals surface area contributed by atoms with Gasteiger partial charge in [0.2, 0.25) is 11.8 Å². The molecule has 1 fully saturated rings. The van der Waals surface area contributed by atoms with Crippen LogP contribution in [0, 0.1) is 22.9 Å². The predicted molar refractivity (Wildman–Crippen MR) is 112 cm³/mol. The third-order valence-electron chi connectivity index (χ3n) is 5.43. The van der Waals surface area contributed by atoms with E-state index in [1.165, 1.54) is 4.90 Å². The topological polar surface area (TPSA) is 58.6 Å². The molecule has 0 spiro atoms. The maximum atomic E-state index is 14.4. The van der Waals surface area contributed by atoms with Gasteiger partial charge in [0.05, 0.1) is 12.2 Å². The lowest BCUT2D eigenvalue weighted by Crippen LogP contribution is -2.59. The molecule has 8 heteroatoms. The van der Waals surface area contributed by atoms with Crippen molar-refractivity contribution in [2.45, 2.75) is 71.9 Å². The van der Waals surface area contributed by atoms with Crippen LogP contribution in [0.4, 0.5) is 13.2 Å². The summed E-state index contributed by atoms with van der Waals surface area (Å²) < 4.78 is 47.4. The van der Waals surface area contributed by atoms with Gasteiger partial charge in [-0.2, -0.15) is 0 Å². The molecule has 2 rings (SSSR count). The Kier molecular flexibility index (Phi) is 7.79. The highest BCUT2D eigenvalue weighted by atomic mass is 19.2. The Morgan fingerprint density at radius 1 is 1.13 bits per heavy atom. The Hall–Kier alpha value is -2.09. The van der Waals surface area contributed by atoms with Gasteiger partial charge in [0.25, 0.3) is 0 Å². The summed E-state index contributed by atoms with van der Waals surface area (Å²) >= 11 is 0. The van der Waals surface area contributed by atoms with Crippen LogP contribution in [-0.2, 0) is 14.3 Å². The zero-order valence-corrected chi connectivity index (χ0v) is 19.2. The smallest absolute Gasteiger partial charge is 0.245 e. The fourth-order valence-corrected chi connectivity index (χ4v) is 3.78. The van der Waals surface area contributed by atoms with Crippen LogP contribution >= 0.6 is 0 Å². The molecule has 5 nitrogen and oxygen atoms in total. The minimum Gasteiger partial charge on any atom is -0.373 e. The number of nitrogens with zero attached hydrogens (tertiary/aromatic N) is 1. The van der Waals surface area contributed by atoms with E-state index < -0.39 is 40.4 Å². The van der Waals surface area contributed by atoms with Crippen LogP contribution in [0.3, 0.4) is 0 Å². The van der Waals surface area contributed by atoms with Crippen molar-refractivity contribution in [2.75, 3.05) is 19.7 Å². The molecule has 0 aromatic heterocycles. The molecule has 1 heterocycles. The van der Waals surface area contributed by atoms with Crippen LogP contribution in [0.25, 0.3) is 0 Å². The van der Waals surface area contributed by atoms with E-state index in [0.29, 0.717) is 19.2 Å². The lowest BCUT2D eigenvalue weighted by molar-refractivity contribution is -0.148. The first kappa shape index (κ1) is 25.2. The number of hydrogen-bond donors (Lipinski definition) is 1. The van der Waals surface area contributed by atoms with E-state index in [1.807, 2.05) is 41.5 Å². The number of halogens is 3. The van der Waals surface area contributed by atoms with E-state index in [4.69, 9.17) is 4.74 Å². The second kappa shape index (κ2) is 9.59. The van der Waals surface area contributed by atoms with E-state index in [2.05, 4.69) is 5.32 Å². The van der Waals surface area contributed by atoms with Crippen LogP contribution in [0.15, 0.2) is 12.1 Å². The highest BCUT2D eigenvalue weighted by Crippen LogP contribution is 2.40. The van der Waals surface area contributed by atoms with Crippen molar-refractivity contribution in [1.82, 2.24) is 10.2 Å². The Morgan fingerprint density at radius 3 is 2.32 bits per heavy atom. The molecule has 31 heavy (non-hydrogen) atoms. The molecular formula is C23H33F3N2O3. The largest absolute Gasteiger partial charge is 0.373 e. The van der Waals surface area contributed by atoms with Crippen LogP contribution < -0.4 is 5.32 Å². The maximum absolute atomic E-state index is 14.4. The van der Waals surface area contributed by atoms with Crippen molar-refractivity contribution in [3.63, 3.8) is 0 Å². The van der Waals surface area contributed by atoms with Crippen LogP contribution in [-0.4, -0.2) is 48.1 Å². The number of hydrogen-bond acceptors (Lipinski definition) is 3. The molecule has 2 atom stereocenters. The zero-order valence-electron chi connectivity index (χ0n) is 19.2. The number of carbonyl (C=O) groups excluding carboxylic acids is 2. The monoisotopic (exact) mass is 442 g/mol. The van der Waals surface area contributed by atoms with Gasteiger partial charge in [-0.3, -0.25) is 9.59 Å². The lowest BCUT2D eigenvalue weighted by atomic mass is 9.73. The molecule has 0 bridgehead atoms. The van der Waals surface area contributed by atoms with Gasteiger partial charge in [0, 0.05) is 25.6 Å².